The fraction of sp³-hybridized carbons (Fsp3) is 0.917. The minimum Gasteiger partial charge on any atom is -0.342 e. The van der Waals surface area contributed by atoms with Crippen molar-refractivity contribution in [3.05, 3.63) is 0 Å². The highest BCUT2D eigenvalue weighted by atomic mass is 16.2. The predicted octanol–water partition coefficient (Wildman–Crippen LogP) is 0.522. The van der Waals surface area contributed by atoms with Crippen LogP contribution < -0.4 is 5.73 Å². The maximum atomic E-state index is 11.9. The average molecular weight is 227 g/mol. The van der Waals surface area contributed by atoms with Crippen LogP contribution in [-0.2, 0) is 4.79 Å². The largest absolute Gasteiger partial charge is 0.342 e. The molecule has 0 aromatic carbocycles. The average Bonchev–Trinajstić information content (AvgIpc) is 2.58. The molecule has 1 saturated heterocycles. The summed E-state index contributed by atoms with van der Waals surface area (Å²) in [7, 11) is 1.87. The maximum absolute atomic E-state index is 11.9. The van der Waals surface area contributed by atoms with E-state index in [1.807, 2.05) is 25.8 Å². The van der Waals surface area contributed by atoms with Gasteiger partial charge in [0.1, 0.15) is 0 Å². The molecular weight excluding hydrogens is 202 g/mol. The van der Waals surface area contributed by atoms with Crippen molar-refractivity contribution in [2.45, 2.75) is 39.3 Å². The van der Waals surface area contributed by atoms with Crippen LogP contribution in [0, 0.1) is 5.92 Å². The normalized spacial score (nSPS) is 26.4. The van der Waals surface area contributed by atoms with Crippen molar-refractivity contribution in [3.63, 3.8) is 0 Å². The summed E-state index contributed by atoms with van der Waals surface area (Å²) in [4.78, 5) is 16.0. The van der Waals surface area contributed by atoms with Crippen LogP contribution in [0.1, 0.15) is 27.2 Å². The first-order valence-corrected chi connectivity index (χ1v) is 6.15. The molecule has 2 unspecified atom stereocenters. The number of hydrogen-bond acceptors (Lipinski definition) is 3. The summed E-state index contributed by atoms with van der Waals surface area (Å²) < 4.78 is 0. The number of rotatable bonds is 4. The zero-order chi connectivity index (χ0) is 12.3. The quantitative estimate of drug-likeness (QED) is 0.762. The van der Waals surface area contributed by atoms with Crippen molar-refractivity contribution in [1.29, 1.82) is 0 Å². The Hall–Kier alpha value is -0.610. The first-order chi connectivity index (χ1) is 7.45. The van der Waals surface area contributed by atoms with Crippen LogP contribution in [0.5, 0.6) is 0 Å². The molecule has 16 heavy (non-hydrogen) atoms. The second-order valence-electron chi connectivity index (χ2n) is 5.21. The minimum absolute atomic E-state index is 0.208. The van der Waals surface area contributed by atoms with Crippen LogP contribution in [0.4, 0.5) is 0 Å². The van der Waals surface area contributed by atoms with E-state index in [1.54, 1.807) is 0 Å². The number of hydrogen-bond donors (Lipinski definition) is 1. The molecule has 0 aliphatic carbocycles. The van der Waals surface area contributed by atoms with E-state index in [0.29, 0.717) is 18.5 Å². The number of amides is 1. The van der Waals surface area contributed by atoms with Crippen molar-refractivity contribution in [1.82, 2.24) is 9.80 Å². The third kappa shape index (κ3) is 3.19. The van der Waals surface area contributed by atoms with Crippen LogP contribution in [0.2, 0.25) is 0 Å². The molecule has 0 aromatic heterocycles. The van der Waals surface area contributed by atoms with Crippen LogP contribution in [0.25, 0.3) is 0 Å². The van der Waals surface area contributed by atoms with Crippen molar-refractivity contribution < 1.29 is 4.79 Å². The lowest BCUT2D eigenvalue weighted by Crippen LogP contribution is -2.42. The van der Waals surface area contributed by atoms with E-state index in [9.17, 15) is 4.79 Å². The Morgan fingerprint density at radius 3 is 2.62 bits per heavy atom. The molecule has 2 atom stereocenters. The van der Waals surface area contributed by atoms with Gasteiger partial charge in [0.15, 0.2) is 0 Å². The summed E-state index contributed by atoms with van der Waals surface area (Å²) in [5, 5.41) is 0. The molecule has 0 aromatic rings. The summed E-state index contributed by atoms with van der Waals surface area (Å²) in [6.45, 7) is 8.48. The Balaban J connectivity index is 2.46. The first-order valence-electron chi connectivity index (χ1n) is 6.15. The molecule has 1 amide bonds. The van der Waals surface area contributed by atoms with Crippen molar-refractivity contribution >= 4 is 5.91 Å². The highest BCUT2D eigenvalue weighted by molar-refractivity contribution is 5.78. The third-order valence-corrected chi connectivity index (χ3v) is 3.63. The van der Waals surface area contributed by atoms with Crippen molar-refractivity contribution in [3.8, 4) is 0 Å². The summed E-state index contributed by atoms with van der Waals surface area (Å²) in [5.74, 6) is 0.770. The number of likely N-dealkylation sites (N-methyl/N-ethyl adjacent to an activating group) is 1. The Morgan fingerprint density at radius 1 is 1.56 bits per heavy atom. The Kier molecular flexibility index (Phi) is 4.74. The Bertz CT molecular complexity index is 242. The summed E-state index contributed by atoms with van der Waals surface area (Å²) in [6, 6.07) is 0.758. The fourth-order valence-electron chi connectivity index (χ4n) is 2.18. The molecule has 1 aliphatic heterocycles. The molecule has 1 fully saturated rings. The van der Waals surface area contributed by atoms with Gasteiger partial charge in [0.25, 0.3) is 0 Å². The van der Waals surface area contributed by atoms with Gasteiger partial charge >= 0.3 is 0 Å². The zero-order valence-corrected chi connectivity index (χ0v) is 10.9. The maximum Gasteiger partial charge on any atom is 0.236 e. The molecule has 2 N–H and O–H groups in total. The van der Waals surface area contributed by atoms with Crippen LogP contribution >= 0.6 is 0 Å². The monoisotopic (exact) mass is 227 g/mol. The molecular formula is C12H25N3O. The lowest BCUT2D eigenvalue weighted by Gasteiger charge is -2.26. The van der Waals surface area contributed by atoms with Gasteiger partial charge < -0.3 is 10.6 Å². The van der Waals surface area contributed by atoms with E-state index in [-0.39, 0.29) is 11.9 Å². The molecule has 4 nitrogen and oxygen atoms in total. The molecule has 1 heterocycles. The second kappa shape index (κ2) is 5.64. The fourth-order valence-corrected chi connectivity index (χ4v) is 2.18. The number of carbonyl (C=O) groups excluding carboxylic acids is 1. The molecule has 0 spiro atoms. The van der Waals surface area contributed by atoms with Gasteiger partial charge in [0.2, 0.25) is 5.91 Å². The van der Waals surface area contributed by atoms with E-state index < -0.39 is 0 Å². The first kappa shape index (κ1) is 13.5. The van der Waals surface area contributed by atoms with Crippen molar-refractivity contribution in [2.75, 3.05) is 26.7 Å². The number of likely N-dealkylation sites (tertiary alicyclic amines) is 1. The van der Waals surface area contributed by atoms with Crippen molar-refractivity contribution in [2.24, 2.45) is 11.7 Å². The lowest BCUT2D eigenvalue weighted by molar-refractivity contribution is -0.132. The van der Waals surface area contributed by atoms with Gasteiger partial charge in [0, 0.05) is 25.7 Å². The van der Waals surface area contributed by atoms with Gasteiger partial charge in [-0.15, -0.1) is 0 Å². The van der Waals surface area contributed by atoms with Gasteiger partial charge in [-0.05, 0) is 39.7 Å². The molecule has 0 radical (unpaired) electrons. The van der Waals surface area contributed by atoms with E-state index in [0.717, 1.165) is 19.5 Å². The molecule has 4 heteroatoms. The molecule has 94 valence electrons. The van der Waals surface area contributed by atoms with Crippen LogP contribution in [-0.4, -0.2) is 54.5 Å². The number of nitrogens with zero attached hydrogens (tertiary/aromatic N) is 2. The minimum atomic E-state index is 0.208. The van der Waals surface area contributed by atoms with Gasteiger partial charge in [-0.3, -0.25) is 9.69 Å². The standard InChI is InChI=1S/C12H25N3O/c1-9(2)14(4)12(16)8-15-7-11(6-13)5-10(15)3/h9-11H,5-8,13H2,1-4H3. The van der Waals surface area contributed by atoms with Crippen LogP contribution in [0.3, 0.4) is 0 Å². The summed E-state index contributed by atoms with van der Waals surface area (Å²) in [6.07, 6.45) is 1.12. The topological polar surface area (TPSA) is 49.6 Å². The van der Waals surface area contributed by atoms with E-state index in [4.69, 9.17) is 5.73 Å². The van der Waals surface area contributed by atoms with Gasteiger partial charge in [-0.25, -0.2) is 0 Å². The van der Waals surface area contributed by atoms with Crippen LogP contribution in [0.15, 0.2) is 0 Å². The van der Waals surface area contributed by atoms with E-state index in [1.165, 1.54) is 0 Å². The van der Waals surface area contributed by atoms with Gasteiger partial charge in [-0.1, -0.05) is 0 Å². The Labute approximate surface area is 98.8 Å². The summed E-state index contributed by atoms with van der Waals surface area (Å²) in [5.41, 5.74) is 5.68. The molecule has 0 bridgehead atoms. The highest BCUT2D eigenvalue weighted by Crippen LogP contribution is 2.21. The third-order valence-electron chi connectivity index (χ3n) is 3.63. The highest BCUT2D eigenvalue weighted by Gasteiger charge is 2.30. The smallest absolute Gasteiger partial charge is 0.236 e. The molecule has 1 aliphatic rings. The zero-order valence-electron chi connectivity index (χ0n) is 10.9. The summed E-state index contributed by atoms with van der Waals surface area (Å²) >= 11 is 0. The van der Waals surface area contributed by atoms with Gasteiger partial charge in [0.05, 0.1) is 6.54 Å². The molecule has 0 saturated carbocycles. The van der Waals surface area contributed by atoms with E-state index in [2.05, 4.69) is 11.8 Å². The number of nitrogens with two attached hydrogens (primary N) is 1. The second-order valence-corrected chi connectivity index (χ2v) is 5.21. The SMILES string of the molecule is CC1CC(CN)CN1CC(=O)N(C)C(C)C. The lowest BCUT2D eigenvalue weighted by atomic mass is 10.1. The Morgan fingerprint density at radius 2 is 2.19 bits per heavy atom. The number of carbonyl (C=O) groups is 1. The molecule has 1 rings (SSSR count). The predicted molar refractivity (Wildman–Crippen MR) is 66.1 cm³/mol. The van der Waals surface area contributed by atoms with Gasteiger partial charge in [-0.2, -0.15) is 0 Å². The van der Waals surface area contributed by atoms with E-state index >= 15 is 0 Å².